The van der Waals surface area contributed by atoms with Crippen molar-refractivity contribution >= 4 is 23.6 Å². The molecule has 0 spiro atoms. The molecular weight excluding hydrogens is 522 g/mol. The third-order valence-corrected chi connectivity index (χ3v) is 8.38. The molecule has 1 aliphatic heterocycles. The lowest BCUT2D eigenvalue weighted by atomic mass is 9.73. The Morgan fingerprint density at radius 3 is 2.67 bits per heavy atom. The minimum Gasteiger partial charge on any atom is -0.465 e. The molecule has 1 unspecified atom stereocenters. The van der Waals surface area contributed by atoms with E-state index in [1.807, 2.05) is 31.2 Å². The molecule has 39 heavy (non-hydrogen) atoms. The van der Waals surface area contributed by atoms with Crippen LogP contribution in [0, 0.1) is 18.8 Å². The Morgan fingerprint density at radius 2 is 1.97 bits per heavy atom. The van der Waals surface area contributed by atoms with Gasteiger partial charge < -0.3 is 36.0 Å². The summed E-state index contributed by atoms with van der Waals surface area (Å²) < 4.78 is 6.31. The maximum absolute atomic E-state index is 13.4. The number of carbonyl (C=O) groups excluding carboxylic acids is 1. The number of hydrogen-bond acceptors (Lipinski definition) is 6. The highest BCUT2D eigenvalue weighted by Gasteiger charge is 2.45. The van der Waals surface area contributed by atoms with Crippen molar-refractivity contribution < 1.29 is 29.6 Å². The van der Waals surface area contributed by atoms with Crippen molar-refractivity contribution in [1.29, 1.82) is 0 Å². The lowest BCUT2D eigenvalue weighted by Gasteiger charge is -2.44. The number of halogens is 1. The van der Waals surface area contributed by atoms with E-state index in [4.69, 9.17) is 27.2 Å². The van der Waals surface area contributed by atoms with Crippen LogP contribution in [0.2, 0.25) is 5.02 Å². The van der Waals surface area contributed by atoms with Crippen molar-refractivity contribution in [1.82, 2.24) is 10.2 Å². The number of rotatable bonds is 9. The average molecular weight is 560 g/mol. The van der Waals surface area contributed by atoms with Gasteiger partial charge in [-0.05, 0) is 63.1 Å². The standard InChI is InChI=1S/C29H38ClN3O6/c1-18-7-2-3-11-25(18)39-26-21(9-4-10-22(26)30)29(38,12-6-13-32-28(36)37)20-8-5-14-33(17-20)27(35)19-15-23(31)24(34)16-19/h2-4,7,9-11,19-20,23-24,32,34,38H,5-6,8,12-17,31H2,1H3,(H,36,37)/t19-,20+,23+,24-,29?/m0/s1. The highest BCUT2D eigenvalue weighted by Crippen LogP contribution is 2.47. The second kappa shape index (κ2) is 12.6. The van der Waals surface area contributed by atoms with Crippen molar-refractivity contribution in [2.75, 3.05) is 19.6 Å². The van der Waals surface area contributed by atoms with Crippen LogP contribution >= 0.6 is 11.6 Å². The first-order valence-corrected chi connectivity index (χ1v) is 13.9. The van der Waals surface area contributed by atoms with Gasteiger partial charge in [0.1, 0.15) is 5.75 Å². The molecule has 1 saturated carbocycles. The van der Waals surface area contributed by atoms with Crippen LogP contribution < -0.4 is 15.8 Å². The molecule has 9 nitrogen and oxygen atoms in total. The molecule has 0 aromatic heterocycles. The topological polar surface area (TPSA) is 145 Å². The highest BCUT2D eigenvalue weighted by molar-refractivity contribution is 6.32. The van der Waals surface area contributed by atoms with E-state index in [9.17, 15) is 19.8 Å². The lowest BCUT2D eigenvalue weighted by molar-refractivity contribution is -0.141. The number of likely N-dealkylation sites (tertiary alicyclic amines) is 1. The SMILES string of the molecule is Cc1ccccc1Oc1c(Cl)cccc1C(O)(CCCNC(=O)O)[C@@H]1CCCN(C(=O)[C@H]2C[C@@H](N)[C@@H](O)C2)C1. The van der Waals surface area contributed by atoms with Crippen molar-refractivity contribution in [3.63, 3.8) is 0 Å². The van der Waals surface area contributed by atoms with Gasteiger partial charge in [0, 0.05) is 43.1 Å². The number of nitrogens with one attached hydrogen (secondary N) is 1. The molecule has 1 saturated heterocycles. The number of carbonyl (C=O) groups is 2. The number of aliphatic hydroxyl groups excluding tert-OH is 1. The van der Waals surface area contributed by atoms with Gasteiger partial charge in [-0.15, -0.1) is 0 Å². The molecule has 2 fully saturated rings. The molecule has 2 aromatic carbocycles. The van der Waals surface area contributed by atoms with Gasteiger partial charge in [0.2, 0.25) is 5.91 Å². The Bertz CT molecular complexity index is 1170. The van der Waals surface area contributed by atoms with Crippen LogP contribution in [0.25, 0.3) is 0 Å². The molecule has 5 atom stereocenters. The summed E-state index contributed by atoms with van der Waals surface area (Å²) in [5, 5.41) is 34.3. The summed E-state index contributed by atoms with van der Waals surface area (Å²) in [5.41, 5.74) is 5.93. The number of aryl methyl sites for hydroxylation is 1. The zero-order valence-corrected chi connectivity index (χ0v) is 22.9. The Hall–Kier alpha value is -2.85. The van der Waals surface area contributed by atoms with Gasteiger partial charge in [0.05, 0.1) is 16.7 Å². The first-order valence-electron chi connectivity index (χ1n) is 13.5. The Labute approximate surface area is 233 Å². The van der Waals surface area contributed by atoms with Crippen LogP contribution in [0.5, 0.6) is 11.5 Å². The maximum Gasteiger partial charge on any atom is 0.404 e. The number of aliphatic hydroxyl groups is 2. The summed E-state index contributed by atoms with van der Waals surface area (Å²) in [7, 11) is 0. The fraction of sp³-hybridized carbons (Fsp3) is 0.517. The number of nitrogens with zero attached hydrogens (tertiary/aromatic N) is 1. The molecular formula is C29H38ClN3O6. The number of piperidine rings is 1. The average Bonchev–Trinajstić information content (AvgIpc) is 3.26. The number of carboxylic acid groups (broad SMARTS) is 1. The van der Waals surface area contributed by atoms with Crippen LogP contribution in [0.4, 0.5) is 4.79 Å². The Kier molecular flexibility index (Phi) is 9.38. The van der Waals surface area contributed by atoms with Gasteiger partial charge in [0.15, 0.2) is 5.75 Å². The summed E-state index contributed by atoms with van der Waals surface area (Å²) in [6, 6.07) is 12.4. The molecule has 10 heteroatoms. The summed E-state index contributed by atoms with van der Waals surface area (Å²) in [6.07, 6.45) is 0.925. The van der Waals surface area contributed by atoms with Crippen LogP contribution in [0.3, 0.4) is 0 Å². The molecule has 2 aromatic rings. The molecule has 1 aliphatic carbocycles. The quantitative estimate of drug-likeness (QED) is 0.292. The number of amides is 2. The highest BCUT2D eigenvalue weighted by atomic mass is 35.5. The van der Waals surface area contributed by atoms with Gasteiger partial charge in [-0.1, -0.05) is 41.9 Å². The Balaban J connectivity index is 1.65. The van der Waals surface area contributed by atoms with E-state index in [2.05, 4.69) is 5.32 Å². The van der Waals surface area contributed by atoms with E-state index in [1.54, 1.807) is 23.1 Å². The van der Waals surface area contributed by atoms with Gasteiger partial charge in [-0.25, -0.2) is 4.79 Å². The number of nitrogens with two attached hydrogens (primary N) is 1. The lowest BCUT2D eigenvalue weighted by Crippen LogP contribution is -2.49. The second-order valence-electron chi connectivity index (χ2n) is 10.8. The molecule has 2 amide bonds. The van der Waals surface area contributed by atoms with Crippen LogP contribution in [0.1, 0.15) is 49.7 Å². The zero-order valence-electron chi connectivity index (χ0n) is 22.2. The predicted molar refractivity (Wildman–Crippen MR) is 148 cm³/mol. The van der Waals surface area contributed by atoms with Crippen LogP contribution in [-0.4, -0.2) is 64.0 Å². The third-order valence-electron chi connectivity index (χ3n) is 8.08. The van der Waals surface area contributed by atoms with E-state index in [-0.39, 0.29) is 30.7 Å². The van der Waals surface area contributed by atoms with E-state index in [0.29, 0.717) is 67.3 Å². The van der Waals surface area contributed by atoms with Crippen LogP contribution in [0.15, 0.2) is 42.5 Å². The normalized spacial score (nSPS) is 24.7. The fourth-order valence-electron chi connectivity index (χ4n) is 5.92. The molecule has 212 valence electrons. The van der Waals surface area contributed by atoms with Gasteiger partial charge in [0.25, 0.3) is 0 Å². The molecule has 4 rings (SSSR count). The third kappa shape index (κ3) is 6.66. The van der Waals surface area contributed by atoms with Crippen molar-refractivity contribution in [2.24, 2.45) is 17.6 Å². The van der Waals surface area contributed by atoms with E-state index < -0.39 is 23.8 Å². The molecule has 1 heterocycles. The number of hydrogen-bond donors (Lipinski definition) is 5. The van der Waals surface area contributed by atoms with Crippen LogP contribution in [-0.2, 0) is 10.4 Å². The molecule has 6 N–H and O–H groups in total. The minimum atomic E-state index is -1.45. The summed E-state index contributed by atoms with van der Waals surface area (Å²) in [4.78, 5) is 26.2. The van der Waals surface area contributed by atoms with E-state index >= 15 is 0 Å². The molecule has 2 aliphatic rings. The Morgan fingerprint density at radius 1 is 1.21 bits per heavy atom. The minimum absolute atomic E-state index is 0.0518. The second-order valence-corrected chi connectivity index (χ2v) is 11.2. The summed E-state index contributed by atoms with van der Waals surface area (Å²) >= 11 is 6.65. The monoisotopic (exact) mass is 559 g/mol. The van der Waals surface area contributed by atoms with Gasteiger partial charge in [-0.2, -0.15) is 0 Å². The number of ether oxygens (including phenoxy) is 1. The first-order chi connectivity index (χ1) is 18.6. The fourth-order valence-corrected chi connectivity index (χ4v) is 6.13. The molecule has 0 bridgehead atoms. The zero-order chi connectivity index (χ0) is 28.2. The number of benzene rings is 2. The maximum atomic E-state index is 13.4. The summed E-state index contributed by atoms with van der Waals surface area (Å²) in [6.45, 7) is 2.97. The van der Waals surface area contributed by atoms with Crippen molar-refractivity contribution in [3.05, 3.63) is 58.6 Å². The first kappa shape index (κ1) is 29.1. The largest absolute Gasteiger partial charge is 0.465 e. The van der Waals surface area contributed by atoms with Crippen molar-refractivity contribution in [2.45, 2.75) is 63.2 Å². The van der Waals surface area contributed by atoms with Gasteiger partial charge >= 0.3 is 6.09 Å². The van der Waals surface area contributed by atoms with Crippen molar-refractivity contribution in [3.8, 4) is 11.5 Å². The van der Waals surface area contributed by atoms with E-state index in [1.165, 1.54) is 0 Å². The van der Waals surface area contributed by atoms with Gasteiger partial charge in [-0.3, -0.25) is 4.79 Å². The van der Waals surface area contributed by atoms with E-state index in [0.717, 1.165) is 5.56 Å². The summed E-state index contributed by atoms with van der Waals surface area (Å²) in [5.74, 6) is 0.211. The predicted octanol–water partition coefficient (Wildman–Crippen LogP) is 4.01. The smallest absolute Gasteiger partial charge is 0.404 e. The molecule has 0 radical (unpaired) electrons. The number of para-hydroxylation sites is 2.